The largest absolute Gasteiger partial charge is 0.494 e. The Balaban J connectivity index is 2.43. The molecule has 6 heteroatoms. The quantitative estimate of drug-likeness (QED) is 0.425. The van der Waals surface area contributed by atoms with E-state index in [1.54, 1.807) is 16.7 Å². The fraction of sp³-hybridized carbons (Fsp3) is 0.600. The minimum atomic E-state index is -0.300. The third-order valence-electron chi connectivity index (χ3n) is 3.74. The molecule has 0 aliphatic rings. The Kier molecular flexibility index (Phi) is 10.2. The summed E-state index contributed by atoms with van der Waals surface area (Å²) in [5.74, 6) is 2.20. The molecule has 26 heavy (non-hydrogen) atoms. The van der Waals surface area contributed by atoms with Crippen LogP contribution in [0.25, 0.3) is 0 Å². The van der Waals surface area contributed by atoms with E-state index in [0.29, 0.717) is 31.9 Å². The first-order valence-corrected chi connectivity index (χ1v) is 10.2. The summed E-state index contributed by atoms with van der Waals surface area (Å²) in [4.78, 5) is 24.6. The second-order valence-corrected chi connectivity index (χ2v) is 8.01. The number of carbonyl (C=O) groups is 2. The van der Waals surface area contributed by atoms with E-state index in [1.807, 2.05) is 52.0 Å². The molecular formula is C20H31NO4S. The van der Waals surface area contributed by atoms with Gasteiger partial charge < -0.3 is 19.2 Å². The van der Waals surface area contributed by atoms with Crippen molar-refractivity contribution in [2.45, 2.75) is 46.1 Å². The van der Waals surface area contributed by atoms with Crippen molar-refractivity contribution in [3.8, 4) is 5.75 Å². The summed E-state index contributed by atoms with van der Waals surface area (Å²) in [5.41, 5.74) is 0.805. The van der Waals surface area contributed by atoms with Gasteiger partial charge in [0.1, 0.15) is 12.0 Å². The average molecular weight is 382 g/mol. The molecule has 0 atom stereocenters. The molecule has 5 nitrogen and oxygen atoms in total. The van der Waals surface area contributed by atoms with Crippen molar-refractivity contribution in [3.05, 3.63) is 29.8 Å². The number of thioether (sulfide) groups is 1. The maximum Gasteiger partial charge on any atom is 0.410 e. The predicted molar refractivity (Wildman–Crippen MR) is 107 cm³/mol. The number of hydrogen-bond acceptors (Lipinski definition) is 5. The Labute approximate surface area is 161 Å². The maximum absolute atomic E-state index is 12.5. The number of carbonyl (C=O) groups excluding carboxylic acids is 2. The standard InChI is InChI=1S/C20H31NO4S/c1-5-24-18-9-7-17(8-10-18)11-14-25-19(23)21(20(2,3)4)12-6-15-26-16-13-22/h7-10,13H,5-6,11-12,14-16H2,1-4H3. The number of aldehydes is 1. The lowest BCUT2D eigenvalue weighted by Crippen LogP contribution is -2.46. The van der Waals surface area contributed by atoms with Gasteiger partial charge >= 0.3 is 6.09 Å². The highest BCUT2D eigenvalue weighted by atomic mass is 32.2. The molecule has 0 aromatic heterocycles. The van der Waals surface area contributed by atoms with Crippen LogP contribution in [-0.2, 0) is 16.0 Å². The molecule has 0 N–H and O–H groups in total. The first-order chi connectivity index (χ1) is 12.4. The lowest BCUT2D eigenvalue weighted by molar-refractivity contribution is -0.105. The van der Waals surface area contributed by atoms with Crippen LogP contribution in [0.3, 0.4) is 0 Å². The third kappa shape index (κ3) is 8.61. The van der Waals surface area contributed by atoms with Crippen molar-refractivity contribution in [3.63, 3.8) is 0 Å². The fourth-order valence-corrected chi connectivity index (χ4v) is 3.01. The van der Waals surface area contributed by atoms with E-state index >= 15 is 0 Å². The van der Waals surface area contributed by atoms with Gasteiger partial charge in [0.05, 0.1) is 13.2 Å². The van der Waals surface area contributed by atoms with E-state index in [2.05, 4.69) is 0 Å². The molecule has 1 aromatic rings. The molecule has 0 saturated carbocycles. The van der Waals surface area contributed by atoms with Gasteiger partial charge in [0.2, 0.25) is 0 Å². The molecule has 0 unspecified atom stereocenters. The molecule has 0 fully saturated rings. The Hall–Kier alpha value is -1.69. The summed E-state index contributed by atoms with van der Waals surface area (Å²) in [6.07, 6.45) is 2.13. The van der Waals surface area contributed by atoms with Crippen molar-refractivity contribution in [2.75, 3.05) is 31.3 Å². The number of ether oxygens (including phenoxy) is 2. The second kappa shape index (κ2) is 11.8. The van der Waals surface area contributed by atoms with Crippen LogP contribution in [-0.4, -0.2) is 54.1 Å². The summed E-state index contributed by atoms with van der Waals surface area (Å²) in [6.45, 7) is 9.57. The molecular weight excluding hydrogens is 350 g/mol. The summed E-state index contributed by atoms with van der Waals surface area (Å²) in [7, 11) is 0. The Morgan fingerprint density at radius 1 is 1.23 bits per heavy atom. The van der Waals surface area contributed by atoms with Gasteiger partial charge in [-0.2, -0.15) is 11.8 Å². The van der Waals surface area contributed by atoms with Gasteiger partial charge in [0, 0.05) is 24.3 Å². The highest BCUT2D eigenvalue weighted by Crippen LogP contribution is 2.17. The van der Waals surface area contributed by atoms with E-state index in [-0.39, 0.29) is 11.6 Å². The minimum Gasteiger partial charge on any atom is -0.494 e. The third-order valence-corrected chi connectivity index (χ3v) is 4.69. The molecule has 0 radical (unpaired) electrons. The van der Waals surface area contributed by atoms with Crippen molar-refractivity contribution in [2.24, 2.45) is 0 Å². The lowest BCUT2D eigenvalue weighted by atomic mass is 10.1. The molecule has 0 heterocycles. The molecule has 1 rings (SSSR count). The highest BCUT2D eigenvalue weighted by molar-refractivity contribution is 7.99. The van der Waals surface area contributed by atoms with Crippen molar-refractivity contribution in [1.29, 1.82) is 0 Å². The van der Waals surface area contributed by atoms with E-state index in [1.165, 1.54) is 0 Å². The molecule has 1 aromatic carbocycles. The number of nitrogens with zero attached hydrogens (tertiary/aromatic N) is 1. The summed E-state index contributed by atoms with van der Waals surface area (Å²) in [5, 5.41) is 0. The average Bonchev–Trinajstić information content (AvgIpc) is 2.58. The molecule has 0 aliphatic carbocycles. The van der Waals surface area contributed by atoms with E-state index < -0.39 is 0 Å². The smallest absolute Gasteiger partial charge is 0.410 e. The number of benzene rings is 1. The summed E-state index contributed by atoms with van der Waals surface area (Å²) in [6, 6.07) is 7.84. The minimum absolute atomic E-state index is 0.288. The second-order valence-electron chi connectivity index (χ2n) is 6.86. The van der Waals surface area contributed by atoms with Gasteiger partial charge in [-0.1, -0.05) is 12.1 Å². The molecule has 1 amide bonds. The Morgan fingerprint density at radius 3 is 2.50 bits per heavy atom. The first kappa shape index (κ1) is 22.4. The summed E-state index contributed by atoms with van der Waals surface area (Å²) < 4.78 is 10.9. The van der Waals surface area contributed by atoms with Gasteiger partial charge in [-0.15, -0.1) is 0 Å². The molecule has 0 bridgehead atoms. The van der Waals surface area contributed by atoms with Crippen molar-refractivity contribution in [1.82, 2.24) is 4.90 Å². The molecule has 0 spiro atoms. The zero-order chi connectivity index (χ0) is 19.4. The van der Waals surface area contributed by atoms with Crippen LogP contribution in [0.5, 0.6) is 5.75 Å². The van der Waals surface area contributed by atoms with E-state index in [0.717, 1.165) is 29.8 Å². The van der Waals surface area contributed by atoms with Crippen LogP contribution in [0.4, 0.5) is 4.79 Å². The number of amides is 1. The van der Waals surface area contributed by atoms with Gasteiger partial charge in [-0.3, -0.25) is 0 Å². The number of hydrogen-bond donors (Lipinski definition) is 0. The fourth-order valence-electron chi connectivity index (χ4n) is 2.41. The van der Waals surface area contributed by atoms with Crippen LogP contribution in [0, 0.1) is 0 Å². The van der Waals surface area contributed by atoms with Gasteiger partial charge in [0.25, 0.3) is 0 Å². The zero-order valence-electron chi connectivity index (χ0n) is 16.3. The number of rotatable bonds is 11. The van der Waals surface area contributed by atoms with Crippen LogP contribution >= 0.6 is 11.8 Å². The highest BCUT2D eigenvalue weighted by Gasteiger charge is 2.27. The van der Waals surface area contributed by atoms with Crippen LogP contribution in [0.15, 0.2) is 24.3 Å². The monoisotopic (exact) mass is 381 g/mol. The Bertz CT molecular complexity index is 540. The zero-order valence-corrected chi connectivity index (χ0v) is 17.1. The van der Waals surface area contributed by atoms with Crippen LogP contribution in [0.1, 0.15) is 39.7 Å². The molecule has 0 aliphatic heterocycles. The van der Waals surface area contributed by atoms with Gasteiger partial charge in [0.15, 0.2) is 0 Å². The van der Waals surface area contributed by atoms with Gasteiger partial charge in [-0.05, 0) is 57.6 Å². The first-order valence-electron chi connectivity index (χ1n) is 9.06. The van der Waals surface area contributed by atoms with Crippen LogP contribution in [0.2, 0.25) is 0 Å². The van der Waals surface area contributed by atoms with Crippen LogP contribution < -0.4 is 4.74 Å². The lowest BCUT2D eigenvalue weighted by Gasteiger charge is -2.34. The maximum atomic E-state index is 12.5. The predicted octanol–water partition coefficient (Wildman–Crippen LogP) is 4.19. The van der Waals surface area contributed by atoms with Crippen molar-refractivity contribution < 1.29 is 19.1 Å². The van der Waals surface area contributed by atoms with E-state index in [4.69, 9.17) is 9.47 Å². The van der Waals surface area contributed by atoms with E-state index in [9.17, 15) is 9.59 Å². The normalized spacial score (nSPS) is 11.1. The SMILES string of the molecule is CCOc1ccc(CCOC(=O)N(CCCSCC=O)C(C)(C)C)cc1. The summed E-state index contributed by atoms with van der Waals surface area (Å²) >= 11 is 1.58. The van der Waals surface area contributed by atoms with Gasteiger partial charge in [-0.25, -0.2) is 4.79 Å². The molecule has 146 valence electrons. The molecule has 0 saturated heterocycles. The topological polar surface area (TPSA) is 55.8 Å². The Morgan fingerprint density at radius 2 is 1.92 bits per heavy atom. The van der Waals surface area contributed by atoms with Crippen molar-refractivity contribution >= 4 is 24.1 Å².